The molecule has 2 aromatic carbocycles. The van der Waals surface area contributed by atoms with Gasteiger partial charge in [-0.15, -0.1) is 0 Å². The van der Waals surface area contributed by atoms with Gasteiger partial charge in [-0.05, 0) is 68.5 Å². The van der Waals surface area contributed by atoms with Gasteiger partial charge >= 0.3 is 0 Å². The number of hydrogen-bond acceptors (Lipinski definition) is 4. The summed E-state index contributed by atoms with van der Waals surface area (Å²) in [6.07, 6.45) is 8.40. The fourth-order valence-corrected chi connectivity index (χ4v) is 6.10. The zero-order chi connectivity index (χ0) is 25.3. The zero-order valence-electron chi connectivity index (χ0n) is 21.1. The molecule has 7 heteroatoms. The normalized spacial score (nSPS) is 21.9. The molecule has 0 radical (unpaired) electrons. The van der Waals surface area contributed by atoms with E-state index in [4.69, 9.17) is 4.74 Å². The summed E-state index contributed by atoms with van der Waals surface area (Å²) in [5, 5.41) is 6.30. The molecule has 1 unspecified atom stereocenters. The third kappa shape index (κ3) is 4.59. The zero-order valence-corrected chi connectivity index (χ0v) is 21.1. The van der Waals surface area contributed by atoms with Crippen LogP contribution in [0.5, 0.6) is 5.75 Å². The van der Waals surface area contributed by atoms with E-state index in [9.17, 15) is 14.4 Å². The van der Waals surface area contributed by atoms with Crippen LogP contribution < -0.4 is 20.3 Å². The van der Waals surface area contributed by atoms with E-state index in [0.717, 1.165) is 68.3 Å². The number of para-hydroxylation sites is 1. The van der Waals surface area contributed by atoms with E-state index >= 15 is 0 Å². The van der Waals surface area contributed by atoms with Gasteiger partial charge in [0.2, 0.25) is 11.8 Å². The maximum atomic E-state index is 14.0. The number of carbonyl (C=O) groups excluding carboxylic acids is 3. The van der Waals surface area contributed by atoms with Crippen molar-refractivity contribution in [2.24, 2.45) is 11.8 Å². The van der Waals surface area contributed by atoms with Crippen molar-refractivity contribution in [3.05, 3.63) is 53.6 Å². The number of benzene rings is 2. The first kappa shape index (κ1) is 24.3. The van der Waals surface area contributed by atoms with Gasteiger partial charge in [0.25, 0.3) is 5.91 Å². The number of carbonyl (C=O) groups is 3. The number of anilines is 2. The highest BCUT2D eigenvalue weighted by Crippen LogP contribution is 2.41. The van der Waals surface area contributed by atoms with Gasteiger partial charge in [-0.1, -0.05) is 37.8 Å². The minimum absolute atomic E-state index is 0.00427. The molecule has 3 amide bonds. The van der Waals surface area contributed by atoms with Crippen LogP contribution in [0, 0.1) is 11.8 Å². The third-order valence-electron chi connectivity index (χ3n) is 8.00. The van der Waals surface area contributed by atoms with Crippen LogP contribution >= 0.6 is 0 Å². The van der Waals surface area contributed by atoms with Gasteiger partial charge in [-0.25, -0.2) is 0 Å². The van der Waals surface area contributed by atoms with Crippen LogP contribution in [0.3, 0.4) is 0 Å². The lowest BCUT2D eigenvalue weighted by molar-refractivity contribution is -0.126. The molecule has 2 aromatic rings. The van der Waals surface area contributed by atoms with Crippen LogP contribution in [-0.4, -0.2) is 30.5 Å². The number of nitrogens with zero attached hydrogens (tertiary/aromatic N) is 1. The first-order chi connectivity index (χ1) is 17.4. The summed E-state index contributed by atoms with van der Waals surface area (Å²) in [6, 6.07) is 12.8. The van der Waals surface area contributed by atoms with Crippen LogP contribution in [0.15, 0.2) is 42.5 Å². The molecule has 2 saturated carbocycles. The van der Waals surface area contributed by atoms with E-state index in [-0.39, 0.29) is 29.6 Å². The summed E-state index contributed by atoms with van der Waals surface area (Å²) in [7, 11) is 1.55. The Bertz CT molecular complexity index is 1170. The van der Waals surface area contributed by atoms with Crippen LogP contribution in [-0.2, 0) is 16.0 Å². The van der Waals surface area contributed by atoms with Crippen LogP contribution in [0.25, 0.3) is 0 Å². The molecule has 1 aliphatic heterocycles. The lowest BCUT2D eigenvalue weighted by Crippen LogP contribution is -2.60. The molecule has 2 aliphatic carbocycles. The Morgan fingerprint density at radius 1 is 0.917 bits per heavy atom. The van der Waals surface area contributed by atoms with E-state index in [1.165, 1.54) is 0 Å². The van der Waals surface area contributed by atoms with Gasteiger partial charge in [0.1, 0.15) is 11.4 Å². The largest absolute Gasteiger partial charge is 0.496 e. The Hall–Kier alpha value is -3.35. The monoisotopic (exact) mass is 489 g/mol. The second kappa shape index (κ2) is 9.96. The summed E-state index contributed by atoms with van der Waals surface area (Å²) < 4.78 is 5.47. The molecule has 190 valence electrons. The average molecular weight is 490 g/mol. The Morgan fingerprint density at radius 3 is 2.22 bits per heavy atom. The molecule has 3 aliphatic rings. The summed E-state index contributed by atoms with van der Waals surface area (Å²) >= 11 is 0. The molecule has 7 nitrogen and oxygen atoms in total. The number of rotatable bonds is 6. The summed E-state index contributed by atoms with van der Waals surface area (Å²) in [4.78, 5) is 41.6. The second-order valence-electron chi connectivity index (χ2n) is 10.6. The average Bonchev–Trinajstić information content (AvgIpc) is 3.63. The highest BCUT2D eigenvalue weighted by molar-refractivity contribution is 6.10. The van der Waals surface area contributed by atoms with Crippen molar-refractivity contribution in [3.8, 4) is 5.75 Å². The lowest BCUT2D eigenvalue weighted by atomic mass is 10.0. The molecular weight excluding hydrogens is 454 g/mol. The number of amides is 3. The van der Waals surface area contributed by atoms with E-state index in [0.29, 0.717) is 17.7 Å². The Morgan fingerprint density at radius 2 is 1.56 bits per heavy atom. The maximum Gasteiger partial charge on any atom is 0.263 e. The first-order valence-corrected chi connectivity index (χ1v) is 13.1. The lowest BCUT2D eigenvalue weighted by Gasteiger charge is -2.37. The predicted octanol–water partition coefficient (Wildman–Crippen LogP) is 5.05. The minimum atomic E-state index is -0.936. The third-order valence-corrected chi connectivity index (χ3v) is 8.00. The predicted molar refractivity (Wildman–Crippen MR) is 139 cm³/mol. The van der Waals surface area contributed by atoms with Gasteiger partial charge in [0, 0.05) is 29.6 Å². The number of nitrogens with one attached hydrogen (secondary N) is 2. The van der Waals surface area contributed by atoms with Crippen molar-refractivity contribution in [1.82, 2.24) is 5.32 Å². The van der Waals surface area contributed by atoms with Crippen LogP contribution in [0.2, 0.25) is 0 Å². The van der Waals surface area contributed by atoms with Crippen molar-refractivity contribution >= 4 is 29.1 Å². The molecule has 36 heavy (non-hydrogen) atoms. The number of methoxy groups -OCH3 is 1. The standard InChI is InChI=1S/C29H35N3O4/c1-29(31-27(34)20-11-5-6-12-20)18-21-17-22(30-26(33)19-9-3-4-10-19)15-16-24(21)32(29)28(35)23-13-7-8-14-25(23)36-2/h7-8,13-17,19-20H,3-6,9-12,18H2,1-2H3,(H,30,33)(H,31,34). The van der Waals surface area contributed by atoms with E-state index in [2.05, 4.69) is 10.6 Å². The quantitative estimate of drug-likeness (QED) is 0.594. The topological polar surface area (TPSA) is 87.7 Å². The number of fused-ring (bicyclic) bond motifs is 1. The van der Waals surface area contributed by atoms with Crippen molar-refractivity contribution in [3.63, 3.8) is 0 Å². The summed E-state index contributed by atoms with van der Waals surface area (Å²) in [6.45, 7) is 1.91. The molecular formula is C29H35N3O4. The second-order valence-corrected chi connectivity index (χ2v) is 10.6. The summed E-state index contributed by atoms with van der Waals surface area (Å²) in [5.74, 6) is 0.358. The molecule has 1 heterocycles. The maximum absolute atomic E-state index is 14.0. The van der Waals surface area contributed by atoms with Crippen molar-refractivity contribution < 1.29 is 19.1 Å². The van der Waals surface area contributed by atoms with Gasteiger partial charge in [0.05, 0.1) is 12.7 Å². The molecule has 5 rings (SSSR count). The van der Waals surface area contributed by atoms with Gasteiger partial charge < -0.3 is 15.4 Å². The molecule has 0 spiro atoms. The summed E-state index contributed by atoms with van der Waals surface area (Å²) in [5.41, 5.74) is 1.87. The minimum Gasteiger partial charge on any atom is -0.496 e. The molecule has 1 atom stereocenters. The van der Waals surface area contributed by atoms with Gasteiger partial charge in [0.15, 0.2) is 0 Å². The highest BCUT2D eigenvalue weighted by atomic mass is 16.5. The first-order valence-electron chi connectivity index (χ1n) is 13.1. The Labute approximate surface area is 212 Å². The smallest absolute Gasteiger partial charge is 0.263 e. The molecule has 0 saturated heterocycles. The molecule has 0 aromatic heterocycles. The SMILES string of the molecule is COc1ccccc1C(=O)N1c2ccc(NC(=O)C3CCCC3)cc2CC1(C)NC(=O)C1CCCC1. The van der Waals surface area contributed by atoms with E-state index in [1.54, 1.807) is 24.1 Å². The fraction of sp³-hybridized carbons (Fsp3) is 0.483. The molecule has 2 N–H and O–H groups in total. The number of ether oxygens (including phenoxy) is 1. The highest BCUT2D eigenvalue weighted by Gasteiger charge is 2.46. The van der Waals surface area contributed by atoms with Crippen molar-refractivity contribution in [2.75, 3.05) is 17.3 Å². The fourth-order valence-electron chi connectivity index (χ4n) is 6.10. The molecule has 0 bridgehead atoms. The Balaban J connectivity index is 1.47. The molecule has 2 fully saturated rings. The van der Waals surface area contributed by atoms with E-state index < -0.39 is 5.66 Å². The van der Waals surface area contributed by atoms with Crippen molar-refractivity contribution in [1.29, 1.82) is 0 Å². The van der Waals surface area contributed by atoms with Crippen LogP contribution in [0.1, 0.15) is 74.2 Å². The Kier molecular flexibility index (Phi) is 6.73. The van der Waals surface area contributed by atoms with Gasteiger partial charge in [-0.3, -0.25) is 19.3 Å². The van der Waals surface area contributed by atoms with Gasteiger partial charge in [-0.2, -0.15) is 0 Å². The van der Waals surface area contributed by atoms with E-state index in [1.807, 2.05) is 37.3 Å². The van der Waals surface area contributed by atoms with Crippen LogP contribution in [0.4, 0.5) is 11.4 Å². The number of hydrogen-bond donors (Lipinski definition) is 2. The van der Waals surface area contributed by atoms with Crippen molar-refractivity contribution in [2.45, 2.75) is 70.4 Å².